The van der Waals surface area contributed by atoms with E-state index < -0.39 is 0 Å². The number of thioether (sulfide) groups is 1. The Morgan fingerprint density at radius 1 is 1.59 bits per heavy atom. The van der Waals surface area contributed by atoms with Crippen LogP contribution in [0.5, 0.6) is 0 Å². The zero-order chi connectivity index (χ0) is 12.1. The number of aryl methyl sites for hydroxylation is 1. The average Bonchev–Trinajstić information content (AvgIpc) is 2.79. The van der Waals surface area contributed by atoms with Gasteiger partial charge < -0.3 is 10.3 Å². The molecule has 0 amide bonds. The largest absolute Gasteiger partial charge is 0.313 e. The maximum atomic E-state index is 11.5. The van der Waals surface area contributed by atoms with Gasteiger partial charge >= 0.3 is 0 Å². The van der Waals surface area contributed by atoms with E-state index in [0.717, 1.165) is 36.0 Å². The summed E-state index contributed by atoms with van der Waals surface area (Å²) in [6.07, 6.45) is 4.38. The van der Waals surface area contributed by atoms with E-state index in [1.807, 2.05) is 0 Å². The van der Waals surface area contributed by atoms with Crippen molar-refractivity contribution >= 4 is 11.8 Å². The SMILES string of the molecule is CCCc1cc(=O)[nH]c(SC[C@@H]2CCCN2)n1. The summed E-state index contributed by atoms with van der Waals surface area (Å²) in [6.45, 7) is 3.21. The number of hydrogen-bond acceptors (Lipinski definition) is 4. The summed E-state index contributed by atoms with van der Waals surface area (Å²) in [7, 11) is 0. The average molecular weight is 253 g/mol. The molecule has 1 aliphatic heterocycles. The van der Waals surface area contributed by atoms with Gasteiger partial charge in [0.05, 0.1) is 0 Å². The summed E-state index contributed by atoms with van der Waals surface area (Å²) < 4.78 is 0. The van der Waals surface area contributed by atoms with Gasteiger partial charge in [-0.15, -0.1) is 0 Å². The van der Waals surface area contributed by atoms with Gasteiger partial charge in [-0.1, -0.05) is 25.1 Å². The highest BCUT2D eigenvalue weighted by molar-refractivity contribution is 7.99. The molecular formula is C12H19N3OS. The molecule has 0 aromatic carbocycles. The van der Waals surface area contributed by atoms with Crippen LogP contribution in [0.4, 0.5) is 0 Å². The van der Waals surface area contributed by atoms with E-state index >= 15 is 0 Å². The van der Waals surface area contributed by atoms with Crippen LogP contribution >= 0.6 is 11.8 Å². The Hall–Kier alpha value is -0.810. The van der Waals surface area contributed by atoms with Gasteiger partial charge in [0.1, 0.15) is 0 Å². The lowest BCUT2D eigenvalue weighted by molar-refractivity contribution is 0.672. The molecule has 2 N–H and O–H groups in total. The third-order valence-corrected chi connectivity index (χ3v) is 3.90. The molecule has 1 atom stereocenters. The quantitative estimate of drug-likeness (QED) is 0.618. The molecular weight excluding hydrogens is 234 g/mol. The van der Waals surface area contributed by atoms with E-state index in [-0.39, 0.29) is 5.56 Å². The van der Waals surface area contributed by atoms with Crippen LogP contribution in [0.15, 0.2) is 16.0 Å². The normalized spacial score (nSPS) is 19.7. The van der Waals surface area contributed by atoms with Crippen molar-refractivity contribution in [3.05, 3.63) is 22.1 Å². The fourth-order valence-corrected chi connectivity index (χ4v) is 3.01. The van der Waals surface area contributed by atoms with Crippen LogP contribution in [0.2, 0.25) is 0 Å². The molecule has 2 rings (SSSR count). The van der Waals surface area contributed by atoms with Crippen LogP contribution in [0, 0.1) is 0 Å². The van der Waals surface area contributed by atoms with Crippen LogP contribution in [-0.2, 0) is 6.42 Å². The molecule has 1 fully saturated rings. The first-order valence-electron chi connectivity index (χ1n) is 6.24. The number of nitrogens with one attached hydrogen (secondary N) is 2. The third kappa shape index (κ3) is 3.85. The summed E-state index contributed by atoms with van der Waals surface area (Å²) in [4.78, 5) is 18.7. The van der Waals surface area contributed by atoms with Gasteiger partial charge in [-0.05, 0) is 25.8 Å². The molecule has 0 radical (unpaired) electrons. The highest BCUT2D eigenvalue weighted by Crippen LogP contribution is 2.17. The molecule has 5 heteroatoms. The van der Waals surface area contributed by atoms with Gasteiger partial charge in [-0.3, -0.25) is 4.79 Å². The first-order valence-corrected chi connectivity index (χ1v) is 7.23. The number of aromatic amines is 1. The summed E-state index contributed by atoms with van der Waals surface area (Å²) in [6, 6.07) is 2.17. The lowest BCUT2D eigenvalue weighted by Crippen LogP contribution is -2.24. The molecule has 0 unspecified atom stereocenters. The molecule has 4 nitrogen and oxygen atoms in total. The molecule has 94 valence electrons. The van der Waals surface area contributed by atoms with Crippen molar-refractivity contribution in [3.8, 4) is 0 Å². The zero-order valence-electron chi connectivity index (χ0n) is 10.2. The summed E-state index contributed by atoms with van der Waals surface area (Å²) in [5, 5.41) is 4.20. The van der Waals surface area contributed by atoms with Gasteiger partial charge in [0.15, 0.2) is 5.16 Å². The molecule has 0 aliphatic carbocycles. The second kappa shape index (κ2) is 6.21. The zero-order valence-corrected chi connectivity index (χ0v) is 11.0. The van der Waals surface area contributed by atoms with Gasteiger partial charge in [0.2, 0.25) is 0 Å². The van der Waals surface area contributed by atoms with E-state index in [0.29, 0.717) is 6.04 Å². The van der Waals surface area contributed by atoms with Crippen LogP contribution in [0.3, 0.4) is 0 Å². The maximum absolute atomic E-state index is 11.5. The van der Waals surface area contributed by atoms with Crippen molar-refractivity contribution in [2.24, 2.45) is 0 Å². The number of hydrogen-bond donors (Lipinski definition) is 2. The Bertz CT molecular complexity index is 412. The summed E-state index contributed by atoms with van der Waals surface area (Å²) in [5.41, 5.74) is 0.864. The van der Waals surface area contributed by atoms with Gasteiger partial charge in [0.25, 0.3) is 5.56 Å². The Morgan fingerprint density at radius 3 is 3.18 bits per heavy atom. The Balaban J connectivity index is 1.96. The number of nitrogens with zero attached hydrogens (tertiary/aromatic N) is 1. The summed E-state index contributed by atoms with van der Waals surface area (Å²) >= 11 is 1.64. The second-order valence-electron chi connectivity index (χ2n) is 4.40. The Kier molecular flexibility index (Phi) is 4.62. The summed E-state index contributed by atoms with van der Waals surface area (Å²) in [5.74, 6) is 0.985. The molecule has 0 spiro atoms. The van der Waals surface area contributed by atoms with E-state index in [4.69, 9.17) is 0 Å². The third-order valence-electron chi connectivity index (χ3n) is 2.86. The second-order valence-corrected chi connectivity index (χ2v) is 5.40. The molecule has 1 aromatic heterocycles. The standard InChI is InChI=1S/C12H19N3OS/c1-2-4-9-7-11(16)15-12(14-9)17-8-10-5-3-6-13-10/h7,10,13H,2-6,8H2,1H3,(H,14,15,16)/t10-/m0/s1. The molecule has 2 heterocycles. The predicted molar refractivity (Wildman–Crippen MR) is 70.6 cm³/mol. The topological polar surface area (TPSA) is 57.8 Å². The molecule has 0 bridgehead atoms. The lowest BCUT2D eigenvalue weighted by atomic mass is 10.2. The maximum Gasteiger partial charge on any atom is 0.251 e. The lowest BCUT2D eigenvalue weighted by Gasteiger charge is -2.09. The highest BCUT2D eigenvalue weighted by Gasteiger charge is 2.14. The van der Waals surface area contributed by atoms with Crippen LogP contribution in [-0.4, -0.2) is 28.3 Å². The van der Waals surface area contributed by atoms with Crippen molar-refractivity contribution < 1.29 is 0 Å². The number of rotatable bonds is 5. The van der Waals surface area contributed by atoms with Crippen LogP contribution in [0.25, 0.3) is 0 Å². The van der Waals surface area contributed by atoms with E-state index in [2.05, 4.69) is 22.2 Å². The fourth-order valence-electron chi connectivity index (χ4n) is 2.01. The predicted octanol–water partition coefficient (Wildman–Crippen LogP) is 1.57. The Morgan fingerprint density at radius 2 is 2.47 bits per heavy atom. The Labute approximate surface area is 106 Å². The van der Waals surface area contributed by atoms with E-state index in [1.54, 1.807) is 17.8 Å². The molecule has 1 aliphatic rings. The number of aromatic nitrogens is 2. The van der Waals surface area contributed by atoms with Crippen molar-refractivity contribution in [2.45, 2.75) is 43.8 Å². The molecule has 1 aromatic rings. The molecule has 17 heavy (non-hydrogen) atoms. The van der Waals surface area contributed by atoms with Crippen molar-refractivity contribution in [2.75, 3.05) is 12.3 Å². The first-order chi connectivity index (χ1) is 8.28. The monoisotopic (exact) mass is 253 g/mol. The minimum absolute atomic E-state index is 0.0367. The van der Waals surface area contributed by atoms with Crippen molar-refractivity contribution in [1.29, 1.82) is 0 Å². The van der Waals surface area contributed by atoms with Crippen LogP contribution < -0.4 is 10.9 Å². The van der Waals surface area contributed by atoms with E-state index in [1.165, 1.54) is 12.8 Å². The minimum Gasteiger partial charge on any atom is -0.313 e. The first kappa shape index (κ1) is 12.6. The molecule has 1 saturated heterocycles. The van der Waals surface area contributed by atoms with Crippen molar-refractivity contribution in [3.63, 3.8) is 0 Å². The van der Waals surface area contributed by atoms with Gasteiger partial charge in [-0.25, -0.2) is 4.98 Å². The number of H-pyrrole nitrogens is 1. The highest BCUT2D eigenvalue weighted by atomic mass is 32.2. The van der Waals surface area contributed by atoms with Crippen LogP contribution in [0.1, 0.15) is 31.9 Å². The fraction of sp³-hybridized carbons (Fsp3) is 0.667. The molecule has 0 saturated carbocycles. The van der Waals surface area contributed by atoms with Crippen molar-refractivity contribution in [1.82, 2.24) is 15.3 Å². The van der Waals surface area contributed by atoms with Gasteiger partial charge in [0, 0.05) is 23.6 Å². The van der Waals surface area contributed by atoms with E-state index in [9.17, 15) is 4.79 Å². The minimum atomic E-state index is -0.0367. The smallest absolute Gasteiger partial charge is 0.251 e. The van der Waals surface area contributed by atoms with Gasteiger partial charge in [-0.2, -0.15) is 0 Å².